The average molecular weight is 281 g/mol. The Labute approximate surface area is 120 Å². The van der Waals surface area contributed by atoms with Crippen LogP contribution in [0.15, 0.2) is 60.8 Å². The number of amides is 2. The minimum absolute atomic E-state index is 0.390. The molecule has 1 aromatic heterocycles. The van der Waals surface area contributed by atoms with Crippen molar-refractivity contribution in [2.75, 3.05) is 10.6 Å². The summed E-state index contributed by atoms with van der Waals surface area (Å²) in [7, 11) is 0. The van der Waals surface area contributed by atoms with Gasteiger partial charge in [-0.05, 0) is 30.3 Å². The summed E-state index contributed by atoms with van der Waals surface area (Å²) >= 11 is 0. The lowest BCUT2D eigenvalue weighted by Gasteiger charge is -2.09. The Balaban J connectivity index is 1.80. The minimum Gasteiger partial charge on any atom is -0.308 e. The van der Waals surface area contributed by atoms with E-state index in [1.54, 1.807) is 18.3 Å². The number of carbonyl (C=O) groups excluding carboxylic acids is 1. The first-order valence-corrected chi connectivity index (χ1v) is 6.40. The van der Waals surface area contributed by atoms with Crippen molar-refractivity contribution in [3.63, 3.8) is 0 Å². The van der Waals surface area contributed by atoms with E-state index >= 15 is 0 Å². The fourth-order valence-corrected chi connectivity index (χ4v) is 2.06. The van der Waals surface area contributed by atoms with E-state index in [1.807, 2.05) is 24.3 Å². The number of hydrogen-bond acceptors (Lipinski definition) is 2. The predicted octanol–water partition coefficient (Wildman–Crippen LogP) is 4.02. The summed E-state index contributed by atoms with van der Waals surface area (Å²) in [5.74, 6) is -0.403. The molecule has 1 heterocycles. The maximum absolute atomic E-state index is 13.1. The van der Waals surface area contributed by atoms with Crippen molar-refractivity contribution >= 4 is 28.3 Å². The molecule has 0 fully saturated rings. The number of pyridine rings is 1. The topological polar surface area (TPSA) is 54.0 Å². The van der Waals surface area contributed by atoms with Gasteiger partial charge in [0.25, 0.3) is 0 Å². The van der Waals surface area contributed by atoms with Crippen LogP contribution in [-0.2, 0) is 0 Å². The summed E-state index contributed by atoms with van der Waals surface area (Å²) in [6, 6.07) is 14.5. The zero-order valence-corrected chi connectivity index (χ0v) is 11.0. The summed E-state index contributed by atoms with van der Waals surface area (Å²) in [5, 5.41) is 6.23. The minimum atomic E-state index is -0.446. The third-order valence-corrected chi connectivity index (χ3v) is 2.96. The third kappa shape index (κ3) is 2.97. The zero-order valence-electron chi connectivity index (χ0n) is 11.0. The van der Waals surface area contributed by atoms with Crippen molar-refractivity contribution < 1.29 is 9.18 Å². The molecule has 5 heteroatoms. The third-order valence-electron chi connectivity index (χ3n) is 2.96. The average Bonchev–Trinajstić information content (AvgIpc) is 2.47. The smallest absolute Gasteiger partial charge is 0.308 e. The molecule has 0 saturated heterocycles. The molecule has 0 aliphatic rings. The number of urea groups is 1. The summed E-state index contributed by atoms with van der Waals surface area (Å²) < 4.78 is 13.1. The number of para-hydroxylation sites is 1. The van der Waals surface area contributed by atoms with Gasteiger partial charge in [-0.15, -0.1) is 0 Å². The number of benzene rings is 2. The lowest BCUT2D eigenvalue weighted by molar-refractivity contribution is 0.262. The molecule has 2 aromatic carbocycles. The summed E-state index contributed by atoms with van der Waals surface area (Å²) in [6.45, 7) is 0. The van der Waals surface area contributed by atoms with Crippen LogP contribution in [0.1, 0.15) is 0 Å². The van der Waals surface area contributed by atoms with Gasteiger partial charge in [0.1, 0.15) is 5.82 Å². The molecule has 21 heavy (non-hydrogen) atoms. The second kappa shape index (κ2) is 5.58. The van der Waals surface area contributed by atoms with Crippen LogP contribution in [0.2, 0.25) is 0 Å². The van der Waals surface area contributed by atoms with E-state index in [9.17, 15) is 9.18 Å². The van der Waals surface area contributed by atoms with Crippen molar-refractivity contribution in [2.45, 2.75) is 0 Å². The lowest BCUT2D eigenvalue weighted by Crippen LogP contribution is -2.19. The van der Waals surface area contributed by atoms with Crippen molar-refractivity contribution in [1.29, 1.82) is 0 Å². The van der Waals surface area contributed by atoms with Gasteiger partial charge < -0.3 is 10.6 Å². The molecule has 0 radical (unpaired) electrons. The van der Waals surface area contributed by atoms with E-state index in [0.717, 1.165) is 5.39 Å². The number of aromatic nitrogens is 1. The maximum Gasteiger partial charge on any atom is 0.323 e. The van der Waals surface area contributed by atoms with Gasteiger partial charge in [-0.25, -0.2) is 9.18 Å². The molecule has 0 saturated carbocycles. The first kappa shape index (κ1) is 13.1. The molecule has 0 unspecified atom stereocenters. The number of nitrogens with one attached hydrogen (secondary N) is 2. The first-order chi connectivity index (χ1) is 10.2. The number of fused-ring (bicyclic) bond motifs is 1. The van der Waals surface area contributed by atoms with Crippen LogP contribution in [-0.4, -0.2) is 11.0 Å². The second-order valence-corrected chi connectivity index (χ2v) is 4.47. The van der Waals surface area contributed by atoms with E-state index in [2.05, 4.69) is 15.6 Å². The van der Waals surface area contributed by atoms with Crippen LogP contribution in [0.4, 0.5) is 20.6 Å². The Bertz CT molecular complexity index is 799. The highest BCUT2D eigenvalue weighted by Crippen LogP contribution is 2.20. The van der Waals surface area contributed by atoms with Crippen molar-refractivity contribution in [3.05, 3.63) is 66.6 Å². The van der Waals surface area contributed by atoms with Crippen molar-refractivity contribution in [3.8, 4) is 0 Å². The van der Waals surface area contributed by atoms with Crippen LogP contribution in [0, 0.1) is 5.82 Å². The quantitative estimate of drug-likeness (QED) is 0.745. The van der Waals surface area contributed by atoms with Gasteiger partial charge in [0, 0.05) is 17.3 Å². The Morgan fingerprint density at radius 3 is 2.67 bits per heavy atom. The molecule has 4 nitrogen and oxygen atoms in total. The van der Waals surface area contributed by atoms with Crippen molar-refractivity contribution in [2.24, 2.45) is 0 Å². The normalized spacial score (nSPS) is 10.3. The lowest BCUT2D eigenvalue weighted by atomic mass is 10.2. The van der Waals surface area contributed by atoms with Crippen LogP contribution in [0.5, 0.6) is 0 Å². The second-order valence-electron chi connectivity index (χ2n) is 4.47. The van der Waals surface area contributed by atoms with E-state index < -0.39 is 11.8 Å². The highest BCUT2D eigenvalue weighted by atomic mass is 19.1. The van der Waals surface area contributed by atoms with E-state index in [4.69, 9.17) is 0 Å². The van der Waals surface area contributed by atoms with Crippen LogP contribution in [0.25, 0.3) is 10.9 Å². The molecule has 3 rings (SSSR count). The largest absolute Gasteiger partial charge is 0.323 e. The number of rotatable bonds is 2. The molecule has 2 N–H and O–H groups in total. The monoisotopic (exact) mass is 281 g/mol. The number of nitrogens with zero attached hydrogens (tertiary/aromatic N) is 1. The number of carbonyl (C=O) groups is 1. The molecule has 0 bridgehead atoms. The Morgan fingerprint density at radius 2 is 1.81 bits per heavy atom. The molecular formula is C16H12FN3O. The van der Waals surface area contributed by atoms with E-state index in [0.29, 0.717) is 16.9 Å². The Morgan fingerprint density at radius 1 is 1.00 bits per heavy atom. The maximum atomic E-state index is 13.1. The molecule has 2 amide bonds. The molecule has 0 atom stereocenters. The number of hydrogen-bond donors (Lipinski definition) is 2. The fourth-order valence-electron chi connectivity index (χ4n) is 2.06. The summed E-state index contributed by atoms with van der Waals surface area (Å²) in [5.41, 5.74) is 1.69. The fraction of sp³-hybridized carbons (Fsp3) is 0. The van der Waals surface area contributed by atoms with Gasteiger partial charge >= 0.3 is 6.03 Å². The van der Waals surface area contributed by atoms with Gasteiger partial charge in [-0.3, -0.25) is 4.98 Å². The van der Waals surface area contributed by atoms with Gasteiger partial charge in [0.05, 0.1) is 11.2 Å². The van der Waals surface area contributed by atoms with Crippen LogP contribution >= 0.6 is 0 Å². The molecule has 0 spiro atoms. The molecule has 0 aliphatic carbocycles. The van der Waals surface area contributed by atoms with Crippen LogP contribution in [0.3, 0.4) is 0 Å². The summed E-state index contributed by atoms with van der Waals surface area (Å²) in [4.78, 5) is 16.2. The SMILES string of the molecule is O=C(Nc1cccc(F)c1)Nc1cccc2cccnc12. The Hall–Kier alpha value is -2.95. The predicted molar refractivity (Wildman–Crippen MR) is 80.8 cm³/mol. The van der Waals surface area contributed by atoms with Gasteiger partial charge in [0.2, 0.25) is 0 Å². The standard InChI is InChI=1S/C16H12FN3O/c17-12-6-2-7-13(10-12)19-16(21)20-14-8-1-4-11-5-3-9-18-15(11)14/h1-10H,(H2,19,20,21). The highest BCUT2D eigenvalue weighted by molar-refractivity contribution is 6.04. The molecular weight excluding hydrogens is 269 g/mol. The molecule has 104 valence electrons. The highest BCUT2D eigenvalue weighted by Gasteiger charge is 2.06. The van der Waals surface area contributed by atoms with Gasteiger partial charge in [0.15, 0.2) is 0 Å². The first-order valence-electron chi connectivity index (χ1n) is 6.40. The van der Waals surface area contributed by atoms with Gasteiger partial charge in [-0.1, -0.05) is 24.3 Å². The summed E-state index contributed by atoms with van der Waals surface area (Å²) in [6.07, 6.45) is 1.66. The number of anilines is 2. The zero-order chi connectivity index (χ0) is 14.7. The van der Waals surface area contributed by atoms with E-state index in [1.165, 1.54) is 18.2 Å². The molecule has 3 aromatic rings. The molecule has 0 aliphatic heterocycles. The Kier molecular flexibility index (Phi) is 3.47. The van der Waals surface area contributed by atoms with E-state index in [-0.39, 0.29) is 0 Å². The van der Waals surface area contributed by atoms with Crippen LogP contribution < -0.4 is 10.6 Å². The van der Waals surface area contributed by atoms with Gasteiger partial charge in [-0.2, -0.15) is 0 Å². The number of halogens is 1. The van der Waals surface area contributed by atoms with Crippen molar-refractivity contribution in [1.82, 2.24) is 4.98 Å².